The minimum Gasteiger partial charge on any atom is -0.299 e. The van der Waals surface area contributed by atoms with Crippen LogP contribution in [0.15, 0.2) is 29.8 Å². The Morgan fingerprint density at radius 2 is 1.81 bits per heavy atom. The third kappa shape index (κ3) is 1.91. The van der Waals surface area contributed by atoms with Gasteiger partial charge in [-0.05, 0) is 47.5 Å². The molecule has 3 aliphatic rings. The highest BCUT2D eigenvalue weighted by Gasteiger charge is 2.47. The van der Waals surface area contributed by atoms with Crippen molar-refractivity contribution in [1.82, 2.24) is 0 Å². The van der Waals surface area contributed by atoms with Gasteiger partial charge in [0, 0.05) is 6.42 Å². The molecule has 0 aliphatic heterocycles. The Balaban J connectivity index is 1.76. The lowest BCUT2D eigenvalue weighted by Crippen LogP contribution is -2.45. The molecule has 106 valence electrons. The van der Waals surface area contributed by atoms with E-state index in [2.05, 4.69) is 6.07 Å². The first-order valence-corrected chi connectivity index (χ1v) is 7.51. The molecule has 1 aromatic carbocycles. The third-order valence-corrected chi connectivity index (χ3v) is 5.11. The number of carbonyl (C=O) groups excluding carboxylic acids is 3. The Labute approximate surface area is 123 Å². The quantitative estimate of drug-likeness (QED) is 0.686. The van der Waals surface area contributed by atoms with Gasteiger partial charge >= 0.3 is 0 Å². The zero-order chi connectivity index (χ0) is 14.6. The third-order valence-electron chi connectivity index (χ3n) is 5.11. The van der Waals surface area contributed by atoms with Crippen LogP contribution in [0.2, 0.25) is 0 Å². The predicted molar refractivity (Wildman–Crippen MR) is 77.5 cm³/mol. The number of Topliss-reactive ketones (excluding diaryl/α,β-unsaturated/α-hetero) is 3. The molecule has 0 N–H and O–H groups in total. The van der Waals surface area contributed by atoms with Crippen LogP contribution < -0.4 is 0 Å². The van der Waals surface area contributed by atoms with Crippen molar-refractivity contribution >= 4 is 23.4 Å². The summed E-state index contributed by atoms with van der Waals surface area (Å²) in [5, 5.41) is 0. The molecule has 0 spiro atoms. The summed E-state index contributed by atoms with van der Waals surface area (Å²) >= 11 is 0. The second-order valence-electron chi connectivity index (χ2n) is 6.42. The maximum Gasteiger partial charge on any atom is 0.169 e. The maximum atomic E-state index is 12.7. The fourth-order valence-corrected chi connectivity index (χ4v) is 4.18. The van der Waals surface area contributed by atoms with E-state index in [-0.39, 0.29) is 35.6 Å². The number of carbonyl (C=O) groups is 3. The zero-order valence-electron chi connectivity index (χ0n) is 11.7. The van der Waals surface area contributed by atoms with Crippen LogP contribution in [0.5, 0.6) is 0 Å². The summed E-state index contributed by atoms with van der Waals surface area (Å²) in [6.45, 7) is 0. The summed E-state index contributed by atoms with van der Waals surface area (Å²) in [6.07, 6.45) is 3.94. The number of ketones is 3. The van der Waals surface area contributed by atoms with E-state index >= 15 is 0 Å². The highest BCUT2D eigenvalue weighted by Crippen LogP contribution is 2.44. The first-order chi connectivity index (χ1) is 10.1. The minimum atomic E-state index is -0.560. The fourth-order valence-electron chi connectivity index (χ4n) is 4.18. The molecule has 3 aliphatic carbocycles. The van der Waals surface area contributed by atoms with Crippen LogP contribution in [-0.2, 0) is 20.8 Å². The number of fused-ring (bicyclic) bond motifs is 3. The Kier molecular flexibility index (Phi) is 2.71. The van der Waals surface area contributed by atoms with Gasteiger partial charge in [-0.15, -0.1) is 0 Å². The number of hydrogen-bond acceptors (Lipinski definition) is 3. The second kappa shape index (κ2) is 4.48. The van der Waals surface area contributed by atoms with Crippen LogP contribution in [0.3, 0.4) is 0 Å². The van der Waals surface area contributed by atoms with Crippen molar-refractivity contribution in [1.29, 1.82) is 0 Å². The van der Waals surface area contributed by atoms with Gasteiger partial charge in [0.05, 0.1) is 12.3 Å². The predicted octanol–water partition coefficient (Wildman–Crippen LogP) is 2.38. The minimum absolute atomic E-state index is 0.00214. The zero-order valence-corrected chi connectivity index (χ0v) is 11.7. The fraction of sp³-hybridized carbons (Fsp3) is 0.389. The summed E-state index contributed by atoms with van der Waals surface area (Å²) in [6, 6.07) is 8.09. The lowest BCUT2D eigenvalue weighted by molar-refractivity contribution is -0.141. The van der Waals surface area contributed by atoms with Gasteiger partial charge in [-0.3, -0.25) is 14.4 Å². The standard InChI is InChI=1S/C18H16O3/c19-14-7-13-6-12-5-10-3-1-2-4-11(10)8-15(12)18(21)17(13)16(20)9-14/h1-4,8,12-13,17H,5-7,9H2. The van der Waals surface area contributed by atoms with Crippen molar-refractivity contribution in [2.24, 2.45) is 17.8 Å². The van der Waals surface area contributed by atoms with Crippen molar-refractivity contribution in [3.63, 3.8) is 0 Å². The highest BCUT2D eigenvalue weighted by atomic mass is 16.2. The molecule has 0 amide bonds. The Morgan fingerprint density at radius 3 is 2.67 bits per heavy atom. The summed E-state index contributed by atoms with van der Waals surface area (Å²) < 4.78 is 0. The van der Waals surface area contributed by atoms with Gasteiger partial charge in [-0.2, -0.15) is 0 Å². The first kappa shape index (κ1) is 12.7. The Bertz CT molecular complexity index is 698. The average molecular weight is 280 g/mol. The molecule has 4 rings (SSSR count). The number of rotatable bonds is 0. The lowest BCUT2D eigenvalue weighted by Gasteiger charge is -2.39. The molecule has 0 radical (unpaired) electrons. The van der Waals surface area contributed by atoms with E-state index in [1.165, 1.54) is 5.56 Å². The van der Waals surface area contributed by atoms with Crippen LogP contribution in [0.25, 0.3) is 6.08 Å². The van der Waals surface area contributed by atoms with Gasteiger partial charge < -0.3 is 0 Å². The summed E-state index contributed by atoms with van der Waals surface area (Å²) in [5.41, 5.74) is 3.15. The number of hydrogen-bond donors (Lipinski definition) is 0. The van der Waals surface area contributed by atoms with E-state index in [0.717, 1.165) is 24.0 Å². The van der Waals surface area contributed by atoms with E-state index in [1.807, 2.05) is 24.3 Å². The molecule has 3 nitrogen and oxygen atoms in total. The SMILES string of the molecule is O=C1CC(=O)C2C(=O)C3=Cc4ccccc4CC3CC2C1. The monoisotopic (exact) mass is 280 g/mol. The topological polar surface area (TPSA) is 51.2 Å². The van der Waals surface area contributed by atoms with Gasteiger partial charge in [-0.1, -0.05) is 24.3 Å². The smallest absolute Gasteiger partial charge is 0.169 e. The van der Waals surface area contributed by atoms with Gasteiger partial charge in [0.15, 0.2) is 11.6 Å². The Morgan fingerprint density at radius 1 is 1.00 bits per heavy atom. The van der Waals surface area contributed by atoms with E-state index in [9.17, 15) is 14.4 Å². The van der Waals surface area contributed by atoms with Crippen molar-refractivity contribution in [2.75, 3.05) is 0 Å². The molecule has 3 unspecified atom stereocenters. The lowest BCUT2D eigenvalue weighted by atomic mass is 9.61. The maximum absolute atomic E-state index is 12.7. The summed E-state index contributed by atoms with van der Waals surface area (Å²) in [5.74, 6) is -0.651. The summed E-state index contributed by atoms with van der Waals surface area (Å²) in [7, 11) is 0. The molecule has 3 heteroatoms. The molecular formula is C18H16O3. The van der Waals surface area contributed by atoms with Crippen LogP contribution in [0.4, 0.5) is 0 Å². The Hall–Kier alpha value is -2.03. The molecule has 0 aromatic heterocycles. The van der Waals surface area contributed by atoms with E-state index in [1.54, 1.807) is 0 Å². The van der Waals surface area contributed by atoms with Gasteiger partial charge in [-0.25, -0.2) is 0 Å². The molecule has 2 fully saturated rings. The molecule has 0 heterocycles. The largest absolute Gasteiger partial charge is 0.299 e. The second-order valence-corrected chi connectivity index (χ2v) is 6.42. The summed E-state index contributed by atoms with van der Waals surface area (Å²) in [4.78, 5) is 36.5. The van der Waals surface area contributed by atoms with Gasteiger partial charge in [0.2, 0.25) is 0 Å². The van der Waals surface area contributed by atoms with Gasteiger partial charge in [0.25, 0.3) is 0 Å². The molecule has 2 saturated carbocycles. The highest BCUT2D eigenvalue weighted by molar-refractivity contribution is 6.18. The van der Waals surface area contributed by atoms with Crippen LogP contribution in [-0.4, -0.2) is 17.3 Å². The van der Waals surface area contributed by atoms with Crippen molar-refractivity contribution in [2.45, 2.75) is 25.7 Å². The molecule has 3 atom stereocenters. The molecule has 21 heavy (non-hydrogen) atoms. The van der Waals surface area contributed by atoms with Crippen molar-refractivity contribution in [3.8, 4) is 0 Å². The molecular weight excluding hydrogens is 264 g/mol. The molecule has 0 saturated heterocycles. The first-order valence-electron chi connectivity index (χ1n) is 7.51. The number of benzene rings is 1. The van der Waals surface area contributed by atoms with E-state index in [0.29, 0.717) is 6.42 Å². The van der Waals surface area contributed by atoms with Gasteiger partial charge in [0.1, 0.15) is 5.78 Å². The van der Waals surface area contributed by atoms with E-state index < -0.39 is 5.92 Å². The molecule has 1 aromatic rings. The van der Waals surface area contributed by atoms with Crippen molar-refractivity contribution < 1.29 is 14.4 Å². The van der Waals surface area contributed by atoms with Crippen LogP contribution in [0.1, 0.15) is 30.4 Å². The number of allylic oxidation sites excluding steroid dienone is 1. The normalized spacial score (nSPS) is 31.1. The van der Waals surface area contributed by atoms with Crippen LogP contribution >= 0.6 is 0 Å². The van der Waals surface area contributed by atoms with Crippen LogP contribution in [0, 0.1) is 17.8 Å². The molecule has 0 bridgehead atoms. The average Bonchev–Trinajstić information content (AvgIpc) is 2.45. The van der Waals surface area contributed by atoms with Crippen molar-refractivity contribution in [3.05, 3.63) is 41.0 Å². The van der Waals surface area contributed by atoms with E-state index in [4.69, 9.17) is 0 Å².